The lowest BCUT2D eigenvalue weighted by Crippen LogP contribution is -1.83. The predicted octanol–water partition coefficient (Wildman–Crippen LogP) is 3.16. The fraction of sp³-hybridized carbons (Fsp3) is 0.333. The van der Waals surface area contributed by atoms with Crippen molar-refractivity contribution >= 4 is 22.6 Å². The molecular weight excluding hydrogens is 235 g/mol. The lowest BCUT2D eigenvalue weighted by Gasteiger charge is -1.99. The van der Waals surface area contributed by atoms with Gasteiger partial charge in [-0.05, 0) is 53.1 Å². The molecule has 54 valence electrons. The van der Waals surface area contributed by atoms with Crippen molar-refractivity contribution in [2.24, 2.45) is 0 Å². The number of aryl methyl sites for hydroxylation is 2. The van der Waals surface area contributed by atoms with Gasteiger partial charge in [0.2, 0.25) is 0 Å². The third-order valence-electron chi connectivity index (χ3n) is 1.64. The second kappa shape index (κ2) is 3.37. The smallest absolute Gasteiger partial charge is 0.0162 e. The highest BCUT2D eigenvalue weighted by molar-refractivity contribution is 14.1. The van der Waals surface area contributed by atoms with E-state index in [0.29, 0.717) is 0 Å². The van der Waals surface area contributed by atoms with Crippen LogP contribution in [0, 0.1) is 10.5 Å². The van der Waals surface area contributed by atoms with Crippen LogP contribution in [0.25, 0.3) is 0 Å². The van der Waals surface area contributed by atoms with E-state index in [2.05, 4.69) is 54.6 Å². The third-order valence-corrected chi connectivity index (χ3v) is 2.81. The van der Waals surface area contributed by atoms with Gasteiger partial charge in [0.25, 0.3) is 0 Å². The number of hydrogen-bond donors (Lipinski definition) is 0. The summed E-state index contributed by atoms with van der Waals surface area (Å²) in [5.74, 6) is 0. The second-order valence-corrected chi connectivity index (χ2v) is 3.60. The van der Waals surface area contributed by atoms with Crippen molar-refractivity contribution in [1.29, 1.82) is 0 Å². The van der Waals surface area contributed by atoms with Crippen LogP contribution in [0.1, 0.15) is 18.1 Å². The Balaban J connectivity index is 3.04. The van der Waals surface area contributed by atoms with Gasteiger partial charge in [-0.3, -0.25) is 0 Å². The summed E-state index contributed by atoms with van der Waals surface area (Å²) in [6.45, 7) is 4.32. The van der Waals surface area contributed by atoms with Crippen LogP contribution in [0.2, 0.25) is 0 Å². The van der Waals surface area contributed by atoms with Crippen LogP contribution >= 0.6 is 22.6 Å². The number of halogens is 1. The van der Waals surface area contributed by atoms with Crippen LogP contribution in [0.15, 0.2) is 18.2 Å². The summed E-state index contributed by atoms with van der Waals surface area (Å²) in [6, 6.07) is 6.62. The first-order valence-corrected chi connectivity index (χ1v) is 4.57. The van der Waals surface area contributed by atoms with Crippen molar-refractivity contribution in [2.45, 2.75) is 20.3 Å². The minimum Gasteiger partial charge on any atom is -0.0613 e. The van der Waals surface area contributed by atoms with Gasteiger partial charge in [-0.25, -0.2) is 0 Å². The molecular formula is C9H11I. The molecule has 0 aromatic heterocycles. The van der Waals surface area contributed by atoms with Gasteiger partial charge in [-0.2, -0.15) is 0 Å². The van der Waals surface area contributed by atoms with Gasteiger partial charge in [0.1, 0.15) is 0 Å². The van der Waals surface area contributed by atoms with Crippen LogP contribution in [0.5, 0.6) is 0 Å². The van der Waals surface area contributed by atoms with Crippen molar-refractivity contribution in [3.63, 3.8) is 0 Å². The maximum absolute atomic E-state index is 2.37. The fourth-order valence-electron chi connectivity index (χ4n) is 0.856. The van der Waals surface area contributed by atoms with Crippen LogP contribution in [0.3, 0.4) is 0 Å². The van der Waals surface area contributed by atoms with E-state index in [-0.39, 0.29) is 0 Å². The topological polar surface area (TPSA) is 0 Å². The summed E-state index contributed by atoms with van der Waals surface area (Å²) >= 11 is 2.37. The van der Waals surface area contributed by atoms with Crippen LogP contribution in [0.4, 0.5) is 0 Å². The van der Waals surface area contributed by atoms with Gasteiger partial charge in [0.15, 0.2) is 0 Å². The van der Waals surface area contributed by atoms with Gasteiger partial charge in [0, 0.05) is 3.57 Å². The molecule has 0 nitrogen and oxygen atoms in total. The zero-order valence-electron chi connectivity index (χ0n) is 6.32. The minimum atomic E-state index is 1.14. The number of benzene rings is 1. The largest absolute Gasteiger partial charge is 0.0613 e. The molecule has 1 aromatic carbocycles. The van der Waals surface area contributed by atoms with E-state index in [0.717, 1.165) is 6.42 Å². The molecule has 1 rings (SSSR count). The maximum atomic E-state index is 2.37. The second-order valence-electron chi connectivity index (χ2n) is 2.44. The molecule has 1 heteroatoms. The fourth-order valence-corrected chi connectivity index (χ4v) is 1.44. The quantitative estimate of drug-likeness (QED) is 0.667. The van der Waals surface area contributed by atoms with E-state index in [1.54, 1.807) is 0 Å². The van der Waals surface area contributed by atoms with Crippen LogP contribution in [-0.2, 0) is 6.42 Å². The summed E-state index contributed by atoms with van der Waals surface area (Å²) in [7, 11) is 0. The van der Waals surface area contributed by atoms with Crippen molar-refractivity contribution in [3.05, 3.63) is 32.9 Å². The Hall–Kier alpha value is -0.0500. The highest BCUT2D eigenvalue weighted by Crippen LogP contribution is 2.13. The zero-order chi connectivity index (χ0) is 7.56. The first-order valence-electron chi connectivity index (χ1n) is 3.49. The van der Waals surface area contributed by atoms with E-state index in [9.17, 15) is 0 Å². The Morgan fingerprint density at radius 3 is 2.60 bits per heavy atom. The molecule has 0 radical (unpaired) electrons. The summed E-state index contributed by atoms with van der Waals surface area (Å²) in [5, 5.41) is 0. The molecule has 0 unspecified atom stereocenters. The van der Waals surface area contributed by atoms with Gasteiger partial charge >= 0.3 is 0 Å². The molecule has 0 aliphatic carbocycles. The highest BCUT2D eigenvalue weighted by atomic mass is 127. The van der Waals surface area contributed by atoms with Gasteiger partial charge in [-0.15, -0.1) is 0 Å². The summed E-state index contributed by atoms with van der Waals surface area (Å²) in [5.41, 5.74) is 2.80. The normalized spacial score (nSPS) is 9.90. The Kier molecular flexibility index (Phi) is 2.72. The van der Waals surface area contributed by atoms with Crippen LogP contribution < -0.4 is 0 Å². The molecule has 0 fully saturated rings. The SMILES string of the molecule is CCc1ccc(C)c(I)c1. The van der Waals surface area contributed by atoms with Gasteiger partial charge in [-0.1, -0.05) is 19.1 Å². The molecule has 0 aliphatic heterocycles. The Bertz CT molecular complexity index is 228. The van der Waals surface area contributed by atoms with Crippen molar-refractivity contribution in [2.75, 3.05) is 0 Å². The van der Waals surface area contributed by atoms with Crippen molar-refractivity contribution in [3.8, 4) is 0 Å². The van der Waals surface area contributed by atoms with E-state index in [1.807, 2.05) is 0 Å². The van der Waals surface area contributed by atoms with E-state index in [1.165, 1.54) is 14.7 Å². The zero-order valence-corrected chi connectivity index (χ0v) is 8.47. The molecule has 0 aliphatic rings. The highest BCUT2D eigenvalue weighted by Gasteiger charge is 1.93. The standard InChI is InChI=1S/C9H11I/c1-3-8-5-4-7(2)9(10)6-8/h4-6H,3H2,1-2H3. The molecule has 10 heavy (non-hydrogen) atoms. The summed E-state index contributed by atoms with van der Waals surface area (Å²) < 4.78 is 1.37. The van der Waals surface area contributed by atoms with Gasteiger partial charge in [0.05, 0.1) is 0 Å². The van der Waals surface area contributed by atoms with E-state index in [4.69, 9.17) is 0 Å². The summed E-state index contributed by atoms with van der Waals surface area (Å²) in [4.78, 5) is 0. The van der Waals surface area contributed by atoms with E-state index < -0.39 is 0 Å². The predicted molar refractivity (Wildman–Crippen MR) is 53.3 cm³/mol. The third kappa shape index (κ3) is 1.72. The molecule has 0 atom stereocenters. The average molecular weight is 246 g/mol. The number of rotatable bonds is 1. The molecule has 0 saturated carbocycles. The molecule has 0 saturated heterocycles. The Morgan fingerprint density at radius 1 is 1.40 bits per heavy atom. The maximum Gasteiger partial charge on any atom is 0.0162 e. The lowest BCUT2D eigenvalue weighted by molar-refractivity contribution is 1.13. The van der Waals surface area contributed by atoms with Gasteiger partial charge < -0.3 is 0 Å². The molecule has 0 heterocycles. The molecule has 0 N–H and O–H groups in total. The lowest BCUT2D eigenvalue weighted by atomic mass is 10.1. The Labute approximate surface area is 75.8 Å². The van der Waals surface area contributed by atoms with E-state index >= 15 is 0 Å². The Morgan fingerprint density at radius 2 is 2.10 bits per heavy atom. The minimum absolute atomic E-state index is 1.14. The first-order chi connectivity index (χ1) is 4.74. The first kappa shape index (κ1) is 8.05. The summed E-state index contributed by atoms with van der Waals surface area (Å²) in [6.07, 6.45) is 1.14. The number of hydrogen-bond acceptors (Lipinski definition) is 0. The van der Waals surface area contributed by atoms with Crippen molar-refractivity contribution in [1.82, 2.24) is 0 Å². The molecule has 0 bridgehead atoms. The molecule has 1 aromatic rings. The van der Waals surface area contributed by atoms with Crippen LogP contribution in [-0.4, -0.2) is 0 Å². The van der Waals surface area contributed by atoms with Crippen molar-refractivity contribution < 1.29 is 0 Å². The monoisotopic (exact) mass is 246 g/mol. The molecule has 0 amide bonds. The average Bonchev–Trinajstić information content (AvgIpc) is 1.95. The molecule has 0 spiro atoms.